The monoisotopic (exact) mass is 388 g/mol. The zero-order valence-corrected chi connectivity index (χ0v) is 15.7. The van der Waals surface area contributed by atoms with Gasteiger partial charge in [0.2, 0.25) is 0 Å². The molecular weight excluding hydrogens is 371 g/mol. The quantitative estimate of drug-likeness (QED) is 0.642. The van der Waals surface area contributed by atoms with E-state index in [9.17, 15) is 4.79 Å². The maximum atomic E-state index is 12.4. The molecule has 3 aromatic rings. The molecule has 1 aromatic heterocycles. The number of hydrogen-bond acceptors (Lipinski definition) is 3. The molecule has 1 aliphatic rings. The van der Waals surface area contributed by atoms with Crippen LogP contribution in [0.5, 0.6) is 0 Å². The molecule has 0 unspecified atom stereocenters. The van der Waals surface area contributed by atoms with Gasteiger partial charge in [-0.25, -0.2) is 0 Å². The molecule has 4 nitrogen and oxygen atoms in total. The lowest BCUT2D eigenvalue weighted by Crippen LogP contribution is -2.45. The highest BCUT2D eigenvalue weighted by Crippen LogP contribution is 2.38. The van der Waals surface area contributed by atoms with Crippen molar-refractivity contribution in [2.24, 2.45) is 0 Å². The molecule has 4 rings (SSSR count). The third-order valence-corrected chi connectivity index (χ3v) is 5.32. The predicted octanol–water partition coefficient (Wildman–Crippen LogP) is 4.64. The number of aromatic amines is 1. The molecule has 0 bridgehead atoms. The average Bonchev–Trinajstić information content (AvgIpc) is 3.00. The van der Waals surface area contributed by atoms with Crippen molar-refractivity contribution >= 4 is 40.1 Å². The fourth-order valence-electron chi connectivity index (χ4n) is 3.61. The van der Waals surface area contributed by atoms with Crippen LogP contribution in [0, 0.1) is 0 Å². The summed E-state index contributed by atoms with van der Waals surface area (Å²) in [5.41, 5.74) is 4.06. The first-order chi connectivity index (χ1) is 12.6. The van der Waals surface area contributed by atoms with Crippen molar-refractivity contribution in [2.75, 3.05) is 6.61 Å². The molecule has 2 aromatic carbocycles. The van der Waals surface area contributed by atoms with Gasteiger partial charge in [-0.05, 0) is 36.2 Å². The van der Waals surface area contributed by atoms with E-state index in [0.29, 0.717) is 23.1 Å². The maximum absolute atomic E-state index is 12.4. The van der Waals surface area contributed by atoms with Crippen molar-refractivity contribution in [2.45, 2.75) is 25.4 Å². The van der Waals surface area contributed by atoms with Crippen LogP contribution in [0.15, 0.2) is 42.5 Å². The lowest BCUT2D eigenvalue weighted by Gasteiger charge is -2.31. The van der Waals surface area contributed by atoms with Gasteiger partial charge in [0.1, 0.15) is 6.04 Å². The Morgan fingerprint density at radius 2 is 2.04 bits per heavy atom. The molecule has 134 valence electrons. The largest absolute Gasteiger partial charge is 0.465 e. The third-order valence-electron chi connectivity index (χ3n) is 4.76. The number of esters is 1. The van der Waals surface area contributed by atoms with Crippen LogP contribution < -0.4 is 5.32 Å². The fourth-order valence-corrected chi connectivity index (χ4v) is 4.13. The van der Waals surface area contributed by atoms with E-state index in [0.717, 1.165) is 27.7 Å². The van der Waals surface area contributed by atoms with Crippen LogP contribution in [0.1, 0.15) is 29.8 Å². The summed E-state index contributed by atoms with van der Waals surface area (Å²) in [7, 11) is 0. The van der Waals surface area contributed by atoms with Crippen LogP contribution in [-0.4, -0.2) is 23.6 Å². The van der Waals surface area contributed by atoms with Gasteiger partial charge in [-0.3, -0.25) is 10.1 Å². The van der Waals surface area contributed by atoms with Gasteiger partial charge in [-0.2, -0.15) is 0 Å². The first-order valence-electron chi connectivity index (χ1n) is 8.55. The van der Waals surface area contributed by atoms with E-state index in [1.807, 2.05) is 31.2 Å². The Hall–Kier alpha value is -2.01. The number of carbonyl (C=O) groups is 1. The lowest BCUT2D eigenvalue weighted by molar-refractivity contribution is -0.146. The van der Waals surface area contributed by atoms with Gasteiger partial charge in [0.05, 0.1) is 12.6 Å². The summed E-state index contributed by atoms with van der Waals surface area (Å²) < 4.78 is 5.25. The number of para-hydroxylation sites is 1. The molecule has 0 radical (unpaired) electrons. The summed E-state index contributed by atoms with van der Waals surface area (Å²) in [5.74, 6) is -0.251. The van der Waals surface area contributed by atoms with Crippen molar-refractivity contribution < 1.29 is 9.53 Å². The zero-order valence-electron chi connectivity index (χ0n) is 14.2. The Morgan fingerprint density at radius 3 is 2.81 bits per heavy atom. The minimum atomic E-state index is -0.432. The summed E-state index contributed by atoms with van der Waals surface area (Å²) in [4.78, 5) is 15.9. The van der Waals surface area contributed by atoms with Crippen molar-refractivity contribution in [1.82, 2.24) is 10.3 Å². The smallest absolute Gasteiger partial charge is 0.323 e. The van der Waals surface area contributed by atoms with Gasteiger partial charge in [-0.1, -0.05) is 47.5 Å². The number of ether oxygens (including phenoxy) is 1. The average molecular weight is 389 g/mol. The first kappa shape index (κ1) is 17.4. The van der Waals surface area contributed by atoms with Crippen molar-refractivity contribution in [3.05, 3.63) is 69.3 Å². The Morgan fingerprint density at radius 1 is 1.23 bits per heavy atom. The number of benzene rings is 2. The second kappa shape index (κ2) is 6.95. The van der Waals surface area contributed by atoms with Crippen LogP contribution in [0.4, 0.5) is 0 Å². The molecule has 1 aliphatic heterocycles. The number of rotatable bonds is 3. The zero-order chi connectivity index (χ0) is 18.3. The number of hydrogen-bond donors (Lipinski definition) is 2. The molecule has 0 saturated heterocycles. The van der Waals surface area contributed by atoms with E-state index in [-0.39, 0.29) is 12.0 Å². The second-order valence-corrected chi connectivity index (χ2v) is 7.18. The van der Waals surface area contributed by atoms with E-state index in [4.69, 9.17) is 27.9 Å². The molecule has 26 heavy (non-hydrogen) atoms. The van der Waals surface area contributed by atoms with E-state index >= 15 is 0 Å². The van der Waals surface area contributed by atoms with Crippen LogP contribution in [-0.2, 0) is 16.0 Å². The van der Waals surface area contributed by atoms with Crippen LogP contribution in [0.3, 0.4) is 0 Å². The predicted molar refractivity (Wildman–Crippen MR) is 104 cm³/mol. The molecule has 2 N–H and O–H groups in total. The molecule has 0 amide bonds. The van der Waals surface area contributed by atoms with Gasteiger partial charge < -0.3 is 9.72 Å². The molecule has 0 aliphatic carbocycles. The summed E-state index contributed by atoms with van der Waals surface area (Å²) >= 11 is 12.5. The van der Waals surface area contributed by atoms with E-state index in [2.05, 4.69) is 16.4 Å². The summed E-state index contributed by atoms with van der Waals surface area (Å²) in [5, 5.41) is 5.65. The van der Waals surface area contributed by atoms with Crippen molar-refractivity contribution in [3.8, 4) is 0 Å². The maximum Gasteiger partial charge on any atom is 0.323 e. The minimum absolute atomic E-state index is 0.245. The molecule has 2 heterocycles. The molecule has 6 heteroatoms. The highest BCUT2D eigenvalue weighted by atomic mass is 35.5. The molecule has 2 atom stereocenters. The summed E-state index contributed by atoms with van der Waals surface area (Å²) in [6.45, 7) is 2.16. The highest BCUT2D eigenvalue weighted by molar-refractivity contribution is 6.35. The van der Waals surface area contributed by atoms with Crippen molar-refractivity contribution in [3.63, 3.8) is 0 Å². The number of aromatic nitrogens is 1. The van der Waals surface area contributed by atoms with Gasteiger partial charge in [-0.15, -0.1) is 0 Å². The second-order valence-electron chi connectivity index (χ2n) is 6.34. The Kier molecular flexibility index (Phi) is 4.65. The molecule has 0 saturated carbocycles. The lowest BCUT2D eigenvalue weighted by atomic mass is 9.90. The van der Waals surface area contributed by atoms with Gasteiger partial charge >= 0.3 is 5.97 Å². The topological polar surface area (TPSA) is 54.1 Å². The molecule has 0 spiro atoms. The third kappa shape index (κ3) is 2.98. The SMILES string of the molecule is CCOC(=O)[C@H]1Cc2c([nH]c3ccccc23)[C@@H](c2ccc(Cl)cc2Cl)N1. The van der Waals surface area contributed by atoms with Gasteiger partial charge in [0.25, 0.3) is 0 Å². The van der Waals surface area contributed by atoms with E-state index < -0.39 is 6.04 Å². The fraction of sp³-hybridized carbons (Fsp3) is 0.250. The minimum Gasteiger partial charge on any atom is -0.465 e. The first-order valence-corrected chi connectivity index (χ1v) is 9.31. The molecular formula is C20H18Cl2N2O2. The molecule has 0 fully saturated rings. The summed E-state index contributed by atoms with van der Waals surface area (Å²) in [6, 6.07) is 12.8. The van der Waals surface area contributed by atoms with E-state index in [1.54, 1.807) is 12.1 Å². The number of carbonyl (C=O) groups excluding carboxylic acids is 1. The standard InChI is InChI=1S/C20H18Cl2N2O2/c1-2-26-20(25)17-10-14-12-5-3-4-6-16(12)23-19(14)18(24-17)13-8-7-11(21)9-15(13)22/h3-9,17-18,23-24H,2,10H2,1H3/t17-,18-/m1/s1. The normalized spacial score (nSPS) is 19.3. The number of H-pyrrole nitrogens is 1. The van der Waals surface area contributed by atoms with E-state index in [1.165, 1.54) is 0 Å². The number of fused-ring (bicyclic) bond motifs is 3. The van der Waals surface area contributed by atoms with Gasteiger partial charge in [0.15, 0.2) is 0 Å². The van der Waals surface area contributed by atoms with Crippen molar-refractivity contribution in [1.29, 1.82) is 0 Å². The highest BCUT2D eigenvalue weighted by Gasteiger charge is 2.35. The summed E-state index contributed by atoms with van der Waals surface area (Å²) in [6.07, 6.45) is 0.569. The Bertz CT molecular complexity index is 983. The Labute approximate surface area is 161 Å². The Balaban J connectivity index is 1.86. The van der Waals surface area contributed by atoms with Crippen LogP contribution in [0.2, 0.25) is 10.0 Å². The number of halogens is 2. The van der Waals surface area contributed by atoms with Crippen LogP contribution in [0.25, 0.3) is 10.9 Å². The van der Waals surface area contributed by atoms with Gasteiger partial charge in [0, 0.05) is 33.1 Å². The number of nitrogens with one attached hydrogen (secondary N) is 2. The van der Waals surface area contributed by atoms with Crippen LogP contribution >= 0.6 is 23.2 Å².